The minimum atomic E-state index is -0.179. The van der Waals surface area contributed by atoms with Crippen molar-refractivity contribution in [3.8, 4) is 17.2 Å². The quantitative estimate of drug-likeness (QED) is 0.558. The minimum Gasteiger partial charge on any atom is -0.497 e. The van der Waals surface area contributed by atoms with E-state index in [9.17, 15) is 9.59 Å². The highest BCUT2D eigenvalue weighted by Crippen LogP contribution is 2.25. The third-order valence-electron chi connectivity index (χ3n) is 6.01. The molecule has 1 N–H and O–H groups in total. The number of rotatable bonds is 7. The number of nitrogens with zero attached hydrogens (tertiary/aromatic N) is 2. The SMILES string of the molecule is COc1ccc(C(=O)Nc2ccc(N3CCN(C(=O)c4cc(OC)cc(OC)c4)CC3)cc2)cc1. The first kappa shape index (κ1) is 23.9. The molecule has 0 radical (unpaired) electrons. The summed E-state index contributed by atoms with van der Waals surface area (Å²) in [5, 5.41) is 2.91. The number of amides is 2. The predicted molar refractivity (Wildman–Crippen MR) is 135 cm³/mol. The maximum absolute atomic E-state index is 13.0. The maximum atomic E-state index is 13.0. The van der Waals surface area contributed by atoms with Gasteiger partial charge in [-0.2, -0.15) is 0 Å². The lowest BCUT2D eigenvalue weighted by atomic mass is 10.1. The highest BCUT2D eigenvalue weighted by Gasteiger charge is 2.23. The van der Waals surface area contributed by atoms with E-state index in [1.807, 2.05) is 29.2 Å². The lowest BCUT2D eigenvalue weighted by molar-refractivity contribution is 0.0746. The van der Waals surface area contributed by atoms with Gasteiger partial charge in [0.1, 0.15) is 17.2 Å². The van der Waals surface area contributed by atoms with Crippen molar-refractivity contribution < 1.29 is 23.8 Å². The second-order valence-electron chi connectivity index (χ2n) is 8.11. The van der Waals surface area contributed by atoms with E-state index in [0.717, 1.165) is 11.4 Å². The number of ether oxygens (including phenoxy) is 3. The van der Waals surface area contributed by atoms with Gasteiger partial charge in [0.05, 0.1) is 21.3 Å². The number of methoxy groups -OCH3 is 3. The van der Waals surface area contributed by atoms with Gasteiger partial charge in [-0.05, 0) is 60.7 Å². The largest absolute Gasteiger partial charge is 0.497 e. The van der Waals surface area contributed by atoms with Crippen LogP contribution in [0, 0.1) is 0 Å². The molecule has 0 aromatic heterocycles. The first-order valence-corrected chi connectivity index (χ1v) is 11.3. The van der Waals surface area contributed by atoms with Gasteiger partial charge in [-0.15, -0.1) is 0 Å². The molecule has 8 nitrogen and oxygen atoms in total. The average Bonchev–Trinajstić information content (AvgIpc) is 2.92. The zero-order chi connectivity index (χ0) is 24.8. The molecular formula is C27H29N3O5. The Kier molecular flexibility index (Phi) is 7.40. The monoisotopic (exact) mass is 475 g/mol. The van der Waals surface area contributed by atoms with Crippen molar-refractivity contribution in [2.45, 2.75) is 0 Å². The predicted octanol–water partition coefficient (Wildman–Crippen LogP) is 3.93. The maximum Gasteiger partial charge on any atom is 0.255 e. The summed E-state index contributed by atoms with van der Waals surface area (Å²) in [5.74, 6) is 1.66. The number of carbonyl (C=O) groups excluding carboxylic acids is 2. The van der Waals surface area contributed by atoms with Crippen molar-refractivity contribution in [1.82, 2.24) is 4.90 Å². The van der Waals surface area contributed by atoms with Crippen LogP contribution in [0.25, 0.3) is 0 Å². The first-order chi connectivity index (χ1) is 17.0. The van der Waals surface area contributed by atoms with E-state index in [0.29, 0.717) is 54.6 Å². The smallest absolute Gasteiger partial charge is 0.255 e. The van der Waals surface area contributed by atoms with Crippen LogP contribution in [-0.2, 0) is 0 Å². The molecule has 1 saturated heterocycles. The van der Waals surface area contributed by atoms with Crippen LogP contribution >= 0.6 is 0 Å². The van der Waals surface area contributed by atoms with Crippen LogP contribution in [0.4, 0.5) is 11.4 Å². The fourth-order valence-corrected chi connectivity index (χ4v) is 3.98. The standard InChI is InChI=1S/C27H29N3O5/c1-33-23-10-4-19(5-11-23)26(31)28-21-6-8-22(9-7-21)29-12-14-30(15-13-29)27(32)20-16-24(34-2)18-25(17-20)35-3/h4-11,16-18H,12-15H2,1-3H3,(H,28,31). The number of carbonyl (C=O) groups is 2. The zero-order valence-corrected chi connectivity index (χ0v) is 20.1. The molecule has 1 fully saturated rings. The van der Waals surface area contributed by atoms with Gasteiger partial charge >= 0.3 is 0 Å². The van der Waals surface area contributed by atoms with Crippen LogP contribution in [0.3, 0.4) is 0 Å². The summed E-state index contributed by atoms with van der Waals surface area (Å²) >= 11 is 0. The Hall–Kier alpha value is -4.20. The van der Waals surface area contributed by atoms with E-state index in [4.69, 9.17) is 14.2 Å². The molecule has 0 atom stereocenters. The van der Waals surface area contributed by atoms with Gasteiger partial charge in [-0.1, -0.05) is 0 Å². The van der Waals surface area contributed by atoms with E-state index >= 15 is 0 Å². The van der Waals surface area contributed by atoms with Crippen LogP contribution in [0.15, 0.2) is 66.7 Å². The molecular weight excluding hydrogens is 446 g/mol. The normalized spacial score (nSPS) is 13.2. The fraction of sp³-hybridized carbons (Fsp3) is 0.259. The summed E-state index contributed by atoms with van der Waals surface area (Å²) in [6.07, 6.45) is 0. The number of anilines is 2. The molecule has 0 unspecified atom stereocenters. The molecule has 8 heteroatoms. The lowest BCUT2D eigenvalue weighted by Gasteiger charge is -2.36. The van der Waals surface area contributed by atoms with E-state index in [1.165, 1.54) is 0 Å². The van der Waals surface area contributed by atoms with Crippen LogP contribution in [0.5, 0.6) is 17.2 Å². The summed E-state index contributed by atoms with van der Waals surface area (Å²) in [6, 6.07) is 19.9. The molecule has 0 spiro atoms. The van der Waals surface area contributed by atoms with Crippen molar-refractivity contribution in [3.63, 3.8) is 0 Å². The molecule has 2 amide bonds. The zero-order valence-electron chi connectivity index (χ0n) is 20.1. The van der Waals surface area contributed by atoms with Gasteiger partial charge in [-0.25, -0.2) is 0 Å². The Morgan fingerprint density at radius 2 is 1.26 bits per heavy atom. The summed E-state index contributed by atoms with van der Waals surface area (Å²) in [5.41, 5.74) is 2.87. The molecule has 182 valence electrons. The summed E-state index contributed by atoms with van der Waals surface area (Å²) < 4.78 is 15.7. The Morgan fingerprint density at radius 1 is 0.686 bits per heavy atom. The Balaban J connectivity index is 1.34. The van der Waals surface area contributed by atoms with Crippen LogP contribution < -0.4 is 24.4 Å². The summed E-state index contributed by atoms with van der Waals surface area (Å²) in [7, 11) is 4.72. The second-order valence-corrected chi connectivity index (χ2v) is 8.11. The van der Waals surface area contributed by atoms with Gasteiger partial charge in [0, 0.05) is 54.7 Å². The third kappa shape index (κ3) is 5.66. The third-order valence-corrected chi connectivity index (χ3v) is 6.01. The topological polar surface area (TPSA) is 80.3 Å². The molecule has 1 aliphatic heterocycles. The van der Waals surface area contributed by atoms with Gasteiger partial charge in [-0.3, -0.25) is 9.59 Å². The highest BCUT2D eigenvalue weighted by molar-refractivity contribution is 6.04. The second kappa shape index (κ2) is 10.8. The highest BCUT2D eigenvalue weighted by atomic mass is 16.5. The number of nitrogens with one attached hydrogen (secondary N) is 1. The fourth-order valence-electron chi connectivity index (χ4n) is 3.98. The van der Waals surface area contributed by atoms with Crippen LogP contribution in [0.1, 0.15) is 20.7 Å². The van der Waals surface area contributed by atoms with Crippen LogP contribution in [-0.4, -0.2) is 64.2 Å². The average molecular weight is 476 g/mol. The van der Waals surface area contributed by atoms with Gasteiger partial charge in [0.25, 0.3) is 11.8 Å². The van der Waals surface area contributed by atoms with Gasteiger partial charge < -0.3 is 29.3 Å². The number of hydrogen-bond donors (Lipinski definition) is 1. The van der Waals surface area contributed by atoms with E-state index in [-0.39, 0.29) is 11.8 Å². The van der Waals surface area contributed by atoms with E-state index in [1.54, 1.807) is 63.8 Å². The van der Waals surface area contributed by atoms with E-state index in [2.05, 4.69) is 10.2 Å². The van der Waals surface area contributed by atoms with Crippen molar-refractivity contribution in [2.75, 3.05) is 57.7 Å². The first-order valence-electron chi connectivity index (χ1n) is 11.3. The van der Waals surface area contributed by atoms with Crippen LogP contribution in [0.2, 0.25) is 0 Å². The molecule has 0 saturated carbocycles. The minimum absolute atomic E-state index is 0.0431. The Labute approximate surface area is 205 Å². The molecule has 1 aliphatic rings. The van der Waals surface area contributed by atoms with Crippen molar-refractivity contribution in [1.29, 1.82) is 0 Å². The Morgan fingerprint density at radius 3 is 1.80 bits per heavy atom. The number of piperazine rings is 1. The van der Waals surface area contributed by atoms with Gasteiger partial charge in [0.15, 0.2) is 0 Å². The molecule has 3 aromatic rings. The number of hydrogen-bond acceptors (Lipinski definition) is 6. The van der Waals surface area contributed by atoms with Crippen molar-refractivity contribution in [3.05, 3.63) is 77.9 Å². The molecule has 0 bridgehead atoms. The van der Waals surface area contributed by atoms with E-state index < -0.39 is 0 Å². The molecule has 1 heterocycles. The molecule has 3 aromatic carbocycles. The summed E-state index contributed by atoms with van der Waals surface area (Å²) in [6.45, 7) is 2.64. The molecule has 35 heavy (non-hydrogen) atoms. The summed E-state index contributed by atoms with van der Waals surface area (Å²) in [4.78, 5) is 29.6. The van der Waals surface area contributed by atoms with Crippen molar-refractivity contribution >= 4 is 23.2 Å². The lowest BCUT2D eigenvalue weighted by Crippen LogP contribution is -2.48. The molecule has 0 aliphatic carbocycles. The van der Waals surface area contributed by atoms with Crippen molar-refractivity contribution in [2.24, 2.45) is 0 Å². The number of benzene rings is 3. The van der Waals surface area contributed by atoms with Gasteiger partial charge in [0.2, 0.25) is 0 Å². The Bertz CT molecular complexity index is 1150. The molecule has 4 rings (SSSR count).